The molecule has 0 atom stereocenters. The molecule has 0 spiro atoms. The molecule has 0 radical (unpaired) electrons. The Morgan fingerprint density at radius 1 is 1.44 bits per heavy atom. The first-order chi connectivity index (χ1) is 8.45. The number of anilines is 1. The van der Waals surface area contributed by atoms with E-state index < -0.39 is 10.0 Å². The van der Waals surface area contributed by atoms with E-state index in [2.05, 4.69) is 0 Å². The fourth-order valence-electron chi connectivity index (χ4n) is 1.57. The molecule has 0 unspecified atom stereocenters. The highest BCUT2D eigenvalue weighted by molar-refractivity contribution is 7.89. The van der Waals surface area contributed by atoms with Gasteiger partial charge in [0, 0.05) is 20.2 Å². The highest BCUT2D eigenvalue weighted by Crippen LogP contribution is 2.29. The van der Waals surface area contributed by atoms with Crippen molar-refractivity contribution >= 4 is 27.3 Å². The molecule has 0 aliphatic rings. The zero-order valence-corrected chi connectivity index (χ0v) is 12.0. The number of nitrogen functional groups attached to an aromatic ring is 1. The lowest BCUT2D eigenvalue weighted by molar-refractivity contribution is 0.180. The summed E-state index contributed by atoms with van der Waals surface area (Å²) in [6.07, 6.45) is 0. The summed E-state index contributed by atoms with van der Waals surface area (Å²) in [5.74, 6) is 0. The van der Waals surface area contributed by atoms with Crippen molar-refractivity contribution in [1.82, 2.24) is 4.31 Å². The Morgan fingerprint density at radius 2 is 2.11 bits per heavy atom. The molecule has 0 bridgehead atoms. The van der Waals surface area contributed by atoms with Gasteiger partial charge in [-0.15, -0.1) is 0 Å². The molecule has 5 nitrogen and oxygen atoms in total. The van der Waals surface area contributed by atoms with Crippen molar-refractivity contribution in [3.8, 4) is 0 Å². The second-order valence-electron chi connectivity index (χ2n) is 3.65. The van der Waals surface area contributed by atoms with Gasteiger partial charge in [0.25, 0.3) is 0 Å². The van der Waals surface area contributed by atoms with Gasteiger partial charge in [-0.3, -0.25) is 0 Å². The summed E-state index contributed by atoms with van der Waals surface area (Å²) < 4.78 is 31.0. The molecule has 7 heteroatoms. The summed E-state index contributed by atoms with van der Waals surface area (Å²) >= 11 is 5.93. The molecule has 0 aromatic heterocycles. The Bertz CT molecular complexity index is 485. The molecule has 0 fully saturated rings. The first kappa shape index (κ1) is 15.2. The average Bonchev–Trinajstić information content (AvgIpc) is 2.29. The predicted octanol–water partition coefficient (Wildman–Crippen LogP) is 1.58. The number of hydrogen-bond donors (Lipinski definition) is 1. The zero-order valence-electron chi connectivity index (χ0n) is 10.4. The quantitative estimate of drug-likeness (QED) is 0.808. The monoisotopic (exact) mass is 292 g/mol. The summed E-state index contributed by atoms with van der Waals surface area (Å²) in [6, 6.07) is 4.64. The fourth-order valence-corrected chi connectivity index (χ4v) is 3.64. The first-order valence-corrected chi connectivity index (χ1v) is 7.30. The van der Waals surface area contributed by atoms with E-state index in [1.165, 1.54) is 23.5 Å². The molecule has 0 heterocycles. The minimum Gasteiger partial charge on any atom is -0.398 e. The van der Waals surface area contributed by atoms with Gasteiger partial charge >= 0.3 is 0 Å². The summed E-state index contributed by atoms with van der Waals surface area (Å²) in [7, 11) is -2.17. The summed E-state index contributed by atoms with van der Waals surface area (Å²) in [6.45, 7) is 2.66. The Hall–Kier alpha value is -0.820. The van der Waals surface area contributed by atoms with Crippen LogP contribution in [0, 0.1) is 0 Å². The lowest BCUT2D eigenvalue weighted by Gasteiger charge is -2.21. The molecule has 0 saturated heterocycles. The van der Waals surface area contributed by atoms with E-state index >= 15 is 0 Å². The number of hydrogen-bond acceptors (Lipinski definition) is 4. The fraction of sp³-hybridized carbons (Fsp3) is 0.455. The molecular weight excluding hydrogens is 276 g/mol. The third-order valence-electron chi connectivity index (χ3n) is 2.49. The van der Waals surface area contributed by atoms with Crippen molar-refractivity contribution in [2.75, 3.05) is 32.5 Å². The normalized spacial score (nSPS) is 12.0. The molecule has 1 rings (SSSR count). The molecule has 0 aliphatic carbocycles. The van der Waals surface area contributed by atoms with E-state index in [0.717, 1.165) is 0 Å². The Labute approximate surface area is 113 Å². The number of sulfonamides is 1. The molecule has 0 aliphatic heterocycles. The van der Waals surface area contributed by atoms with Crippen molar-refractivity contribution in [2.45, 2.75) is 11.8 Å². The standard InChI is InChI=1S/C11H17ClN2O3S/c1-3-14(7-8-17-2)18(15,16)11-9(12)5-4-6-10(11)13/h4-6H,3,7-8,13H2,1-2H3. The Kier molecular flexibility index (Phi) is 5.40. The maximum Gasteiger partial charge on any atom is 0.246 e. The van der Waals surface area contributed by atoms with E-state index in [9.17, 15) is 8.42 Å². The number of nitrogens with two attached hydrogens (primary N) is 1. The van der Waals surface area contributed by atoms with Crippen LogP contribution in [0.15, 0.2) is 23.1 Å². The largest absolute Gasteiger partial charge is 0.398 e. The number of benzene rings is 1. The van der Waals surface area contributed by atoms with Crippen LogP contribution in [0.5, 0.6) is 0 Å². The van der Waals surface area contributed by atoms with Gasteiger partial charge in [0.2, 0.25) is 10.0 Å². The molecule has 2 N–H and O–H groups in total. The van der Waals surface area contributed by atoms with Crippen LogP contribution in [0.2, 0.25) is 5.02 Å². The number of halogens is 1. The lowest BCUT2D eigenvalue weighted by Crippen LogP contribution is -2.34. The van der Waals surface area contributed by atoms with Crippen LogP contribution < -0.4 is 5.73 Å². The first-order valence-electron chi connectivity index (χ1n) is 5.48. The van der Waals surface area contributed by atoms with Crippen molar-refractivity contribution < 1.29 is 13.2 Å². The van der Waals surface area contributed by atoms with E-state index in [1.54, 1.807) is 13.0 Å². The smallest absolute Gasteiger partial charge is 0.246 e. The van der Waals surface area contributed by atoms with Crippen LogP contribution in [0.3, 0.4) is 0 Å². The third-order valence-corrected chi connectivity index (χ3v) is 5.01. The second kappa shape index (κ2) is 6.38. The predicted molar refractivity (Wildman–Crippen MR) is 72.2 cm³/mol. The molecule has 102 valence electrons. The maximum atomic E-state index is 12.4. The summed E-state index contributed by atoms with van der Waals surface area (Å²) in [5, 5.41) is 0.130. The lowest BCUT2D eigenvalue weighted by atomic mass is 10.3. The SMILES string of the molecule is CCN(CCOC)S(=O)(=O)c1c(N)cccc1Cl. The van der Waals surface area contributed by atoms with Crippen LogP contribution in [0.1, 0.15) is 6.92 Å². The van der Waals surface area contributed by atoms with Crippen LogP contribution in [-0.2, 0) is 14.8 Å². The van der Waals surface area contributed by atoms with Gasteiger partial charge < -0.3 is 10.5 Å². The summed E-state index contributed by atoms with van der Waals surface area (Å²) in [5.41, 5.74) is 5.86. The van der Waals surface area contributed by atoms with Crippen LogP contribution >= 0.6 is 11.6 Å². The highest BCUT2D eigenvalue weighted by atomic mass is 35.5. The average molecular weight is 293 g/mol. The Balaban J connectivity index is 3.19. The van der Waals surface area contributed by atoms with E-state index in [0.29, 0.717) is 13.2 Å². The maximum absolute atomic E-state index is 12.4. The number of rotatable bonds is 6. The molecule has 1 aromatic rings. The number of methoxy groups -OCH3 is 1. The van der Waals surface area contributed by atoms with Gasteiger partial charge in [-0.1, -0.05) is 24.6 Å². The van der Waals surface area contributed by atoms with E-state index in [1.807, 2.05) is 0 Å². The van der Waals surface area contributed by atoms with Crippen LogP contribution in [0.25, 0.3) is 0 Å². The highest BCUT2D eigenvalue weighted by Gasteiger charge is 2.27. The van der Waals surface area contributed by atoms with Crippen molar-refractivity contribution in [3.63, 3.8) is 0 Å². The van der Waals surface area contributed by atoms with Gasteiger partial charge in [0.15, 0.2) is 0 Å². The van der Waals surface area contributed by atoms with Crippen molar-refractivity contribution in [2.24, 2.45) is 0 Å². The van der Waals surface area contributed by atoms with Gasteiger partial charge in [-0.25, -0.2) is 8.42 Å². The van der Waals surface area contributed by atoms with Crippen LogP contribution in [-0.4, -0.2) is 39.5 Å². The van der Waals surface area contributed by atoms with Gasteiger partial charge in [0.05, 0.1) is 17.3 Å². The summed E-state index contributed by atoms with van der Waals surface area (Å²) in [4.78, 5) is -0.0374. The van der Waals surface area contributed by atoms with E-state index in [4.69, 9.17) is 22.1 Å². The number of nitrogens with zero attached hydrogens (tertiary/aromatic N) is 1. The molecular formula is C11H17ClN2O3S. The minimum atomic E-state index is -3.69. The Morgan fingerprint density at radius 3 is 2.61 bits per heavy atom. The third kappa shape index (κ3) is 3.14. The van der Waals surface area contributed by atoms with Gasteiger partial charge in [0.1, 0.15) is 4.90 Å². The molecule has 0 amide bonds. The molecule has 18 heavy (non-hydrogen) atoms. The van der Waals surface area contributed by atoms with Gasteiger partial charge in [-0.2, -0.15) is 4.31 Å². The topological polar surface area (TPSA) is 72.6 Å². The van der Waals surface area contributed by atoms with Crippen LogP contribution in [0.4, 0.5) is 5.69 Å². The second-order valence-corrected chi connectivity index (χ2v) is 5.93. The number of ether oxygens (including phenoxy) is 1. The minimum absolute atomic E-state index is 0.0374. The van der Waals surface area contributed by atoms with Gasteiger partial charge in [-0.05, 0) is 12.1 Å². The molecule has 0 saturated carbocycles. The van der Waals surface area contributed by atoms with E-state index in [-0.39, 0.29) is 22.2 Å². The molecule has 1 aromatic carbocycles. The van der Waals surface area contributed by atoms with Crippen molar-refractivity contribution in [3.05, 3.63) is 23.2 Å². The zero-order chi connectivity index (χ0) is 13.8. The van der Waals surface area contributed by atoms with Crippen molar-refractivity contribution in [1.29, 1.82) is 0 Å². The number of likely N-dealkylation sites (N-methyl/N-ethyl adjacent to an activating group) is 1.